The van der Waals surface area contributed by atoms with E-state index in [1.807, 2.05) is 0 Å². The van der Waals surface area contributed by atoms with E-state index in [-0.39, 0.29) is 0 Å². The Morgan fingerprint density at radius 1 is 1.07 bits per heavy atom. The van der Waals surface area contributed by atoms with Crippen LogP contribution in [0.25, 0.3) is 0 Å². The van der Waals surface area contributed by atoms with E-state index in [9.17, 15) is 0 Å². The summed E-state index contributed by atoms with van der Waals surface area (Å²) in [5.41, 5.74) is 12.0. The largest absolute Gasteiger partial charge is 0.393 e. The number of nitrogens with zero attached hydrogens (tertiary/aromatic N) is 3. The molecule has 0 aromatic carbocycles. The average molecular weight is 193 g/mol. The van der Waals surface area contributed by atoms with Crippen molar-refractivity contribution in [3.05, 3.63) is 6.33 Å². The van der Waals surface area contributed by atoms with Gasteiger partial charge in [-0.3, -0.25) is 0 Å². The van der Waals surface area contributed by atoms with E-state index in [1.54, 1.807) is 0 Å². The summed E-state index contributed by atoms with van der Waals surface area (Å²) in [5, 5.41) is 0. The summed E-state index contributed by atoms with van der Waals surface area (Å²) in [4.78, 5) is 10.2. The maximum Gasteiger partial charge on any atom is 0.157 e. The third-order valence-corrected chi connectivity index (χ3v) is 2.55. The maximum atomic E-state index is 5.82. The molecular formula is C9H15N5. The lowest BCUT2D eigenvalue weighted by atomic mass is 10.1. The van der Waals surface area contributed by atoms with Crippen LogP contribution in [0.3, 0.4) is 0 Å². The first-order chi connectivity index (χ1) is 6.79. The fraction of sp³-hybridized carbons (Fsp3) is 0.556. The Balaban J connectivity index is 2.26. The highest BCUT2D eigenvalue weighted by molar-refractivity contribution is 5.73. The second-order valence-electron chi connectivity index (χ2n) is 3.54. The molecule has 4 N–H and O–H groups in total. The molecule has 5 nitrogen and oxygen atoms in total. The molecule has 1 aromatic heterocycles. The summed E-state index contributed by atoms with van der Waals surface area (Å²) < 4.78 is 0. The quantitative estimate of drug-likeness (QED) is 0.683. The van der Waals surface area contributed by atoms with Crippen molar-refractivity contribution in [1.82, 2.24) is 9.97 Å². The highest BCUT2D eigenvalue weighted by Crippen LogP contribution is 2.26. The van der Waals surface area contributed by atoms with Crippen LogP contribution in [0, 0.1) is 0 Å². The molecule has 1 saturated heterocycles. The lowest BCUT2D eigenvalue weighted by Crippen LogP contribution is -2.31. The van der Waals surface area contributed by atoms with E-state index >= 15 is 0 Å². The molecule has 2 rings (SSSR count). The first-order valence-electron chi connectivity index (χ1n) is 4.90. The van der Waals surface area contributed by atoms with Crippen LogP contribution in [0.5, 0.6) is 0 Å². The van der Waals surface area contributed by atoms with Crippen molar-refractivity contribution in [3.63, 3.8) is 0 Å². The zero-order valence-electron chi connectivity index (χ0n) is 8.11. The lowest BCUT2D eigenvalue weighted by Gasteiger charge is -2.28. The standard InChI is InChI=1S/C9H15N5/c10-7-8(11)12-6-13-9(7)14-4-2-1-3-5-14/h6H,1-5,10H2,(H2,11,12,13). The average Bonchev–Trinajstić information content (AvgIpc) is 2.23. The first-order valence-corrected chi connectivity index (χ1v) is 4.90. The highest BCUT2D eigenvalue weighted by atomic mass is 15.2. The number of piperidine rings is 1. The Labute approximate surface area is 83.1 Å². The predicted octanol–water partition coefficient (Wildman–Crippen LogP) is 0.631. The molecule has 76 valence electrons. The molecule has 2 heterocycles. The minimum Gasteiger partial charge on any atom is -0.393 e. The smallest absolute Gasteiger partial charge is 0.157 e. The van der Waals surface area contributed by atoms with Crippen LogP contribution in [0.15, 0.2) is 6.33 Å². The van der Waals surface area contributed by atoms with Crippen LogP contribution in [0.2, 0.25) is 0 Å². The van der Waals surface area contributed by atoms with Crippen molar-refractivity contribution in [1.29, 1.82) is 0 Å². The molecule has 0 bridgehead atoms. The number of rotatable bonds is 1. The number of nitrogen functional groups attached to an aromatic ring is 2. The van der Waals surface area contributed by atoms with Crippen molar-refractivity contribution >= 4 is 17.3 Å². The predicted molar refractivity (Wildman–Crippen MR) is 56.9 cm³/mol. The number of nitrogens with two attached hydrogens (primary N) is 2. The van der Waals surface area contributed by atoms with E-state index < -0.39 is 0 Å². The van der Waals surface area contributed by atoms with Gasteiger partial charge in [0.05, 0.1) is 0 Å². The minimum absolute atomic E-state index is 0.376. The van der Waals surface area contributed by atoms with Gasteiger partial charge in [0.15, 0.2) is 11.6 Å². The minimum atomic E-state index is 0.376. The van der Waals surface area contributed by atoms with Crippen LogP contribution in [-0.4, -0.2) is 23.1 Å². The fourth-order valence-corrected chi connectivity index (χ4v) is 1.76. The van der Waals surface area contributed by atoms with E-state index in [1.165, 1.54) is 25.6 Å². The number of hydrogen-bond donors (Lipinski definition) is 2. The van der Waals surface area contributed by atoms with Crippen LogP contribution in [0.4, 0.5) is 17.3 Å². The molecule has 0 atom stereocenters. The molecule has 14 heavy (non-hydrogen) atoms. The SMILES string of the molecule is Nc1ncnc(N2CCCCC2)c1N. The number of anilines is 3. The van der Waals surface area contributed by atoms with Gasteiger partial charge in [0.2, 0.25) is 0 Å². The summed E-state index contributed by atoms with van der Waals surface area (Å²) in [6.45, 7) is 2.03. The molecule has 0 radical (unpaired) electrons. The van der Waals surface area contributed by atoms with Crippen LogP contribution in [-0.2, 0) is 0 Å². The molecule has 0 aliphatic carbocycles. The van der Waals surface area contributed by atoms with Crippen molar-refractivity contribution in [2.45, 2.75) is 19.3 Å². The van der Waals surface area contributed by atoms with Crippen LogP contribution >= 0.6 is 0 Å². The molecule has 1 aliphatic heterocycles. The van der Waals surface area contributed by atoms with Gasteiger partial charge in [-0.15, -0.1) is 0 Å². The summed E-state index contributed by atoms with van der Waals surface area (Å²) in [7, 11) is 0. The van der Waals surface area contributed by atoms with Crippen molar-refractivity contribution < 1.29 is 0 Å². The van der Waals surface area contributed by atoms with Gasteiger partial charge in [0, 0.05) is 13.1 Å². The number of aromatic nitrogens is 2. The third kappa shape index (κ3) is 1.57. The summed E-state index contributed by atoms with van der Waals surface area (Å²) in [6.07, 6.45) is 5.15. The van der Waals surface area contributed by atoms with Crippen molar-refractivity contribution in [2.24, 2.45) is 0 Å². The van der Waals surface area contributed by atoms with Gasteiger partial charge < -0.3 is 16.4 Å². The summed E-state index contributed by atoms with van der Waals surface area (Å²) in [5.74, 6) is 1.16. The summed E-state index contributed by atoms with van der Waals surface area (Å²) in [6, 6.07) is 0. The van der Waals surface area contributed by atoms with E-state index in [2.05, 4.69) is 14.9 Å². The Bertz CT molecular complexity index is 319. The zero-order chi connectivity index (χ0) is 9.97. The Hall–Kier alpha value is -1.52. The second-order valence-corrected chi connectivity index (χ2v) is 3.54. The molecular weight excluding hydrogens is 178 g/mol. The molecule has 1 fully saturated rings. The van der Waals surface area contributed by atoms with Gasteiger partial charge >= 0.3 is 0 Å². The van der Waals surface area contributed by atoms with E-state index in [0.29, 0.717) is 11.5 Å². The van der Waals surface area contributed by atoms with Gasteiger partial charge in [0.1, 0.15) is 12.0 Å². The molecule has 0 saturated carbocycles. The van der Waals surface area contributed by atoms with Gasteiger partial charge in [0.25, 0.3) is 0 Å². The van der Waals surface area contributed by atoms with Crippen LogP contribution in [0.1, 0.15) is 19.3 Å². The topological polar surface area (TPSA) is 81.1 Å². The second kappa shape index (κ2) is 3.69. The van der Waals surface area contributed by atoms with E-state index in [4.69, 9.17) is 11.5 Å². The molecule has 0 amide bonds. The maximum absolute atomic E-state index is 5.82. The molecule has 5 heteroatoms. The van der Waals surface area contributed by atoms with Gasteiger partial charge in [-0.1, -0.05) is 0 Å². The van der Waals surface area contributed by atoms with Gasteiger partial charge in [-0.05, 0) is 19.3 Å². The van der Waals surface area contributed by atoms with Crippen molar-refractivity contribution in [3.8, 4) is 0 Å². The highest BCUT2D eigenvalue weighted by Gasteiger charge is 2.15. The van der Waals surface area contributed by atoms with Gasteiger partial charge in [-0.25, -0.2) is 9.97 Å². The third-order valence-electron chi connectivity index (χ3n) is 2.55. The Morgan fingerprint density at radius 2 is 1.79 bits per heavy atom. The van der Waals surface area contributed by atoms with Crippen molar-refractivity contribution in [2.75, 3.05) is 29.5 Å². The van der Waals surface area contributed by atoms with E-state index in [0.717, 1.165) is 18.9 Å². The first kappa shape index (κ1) is 9.05. The molecule has 1 aliphatic rings. The number of hydrogen-bond acceptors (Lipinski definition) is 5. The molecule has 0 unspecified atom stereocenters. The Morgan fingerprint density at radius 3 is 2.50 bits per heavy atom. The lowest BCUT2D eigenvalue weighted by molar-refractivity contribution is 0.574. The normalized spacial score (nSPS) is 17.0. The molecule has 0 spiro atoms. The van der Waals surface area contributed by atoms with Gasteiger partial charge in [-0.2, -0.15) is 0 Å². The summed E-state index contributed by atoms with van der Waals surface area (Å²) >= 11 is 0. The fourth-order valence-electron chi connectivity index (χ4n) is 1.76. The Kier molecular flexibility index (Phi) is 2.39. The monoisotopic (exact) mass is 193 g/mol. The van der Waals surface area contributed by atoms with Crippen LogP contribution < -0.4 is 16.4 Å². The zero-order valence-corrected chi connectivity index (χ0v) is 8.11. The molecule has 1 aromatic rings.